The molecule has 5 radical (unpaired) electrons. The van der Waals surface area contributed by atoms with Crippen LogP contribution >= 0.6 is 19.4 Å². The van der Waals surface area contributed by atoms with Gasteiger partial charge in [0.05, 0.1) is 25.7 Å². The van der Waals surface area contributed by atoms with Crippen LogP contribution in [0.15, 0.2) is 42.5 Å². The Morgan fingerprint density at radius 1 is 0.768 bits per heavy atom. The summed E-state index contributed by atoms with van der Waals surface area (Å²) in [5, 5.41) is 17.2. The van der Waals surface area contributed by atoms with Crippen LogP contribution in [0.1, 0.15) is 38.3 Å². The normalized spacial score (nSPS) is 15.1. The fourth-order valence-electron chi connectivity index (χ4n) is 4.21. The molecule has 0 bridgehead atoms. The minimum Gasteiger partial charge on any atom is -0.0312 e. The maximum absolute atomic E-state index is 13.5. The summed E-state index contributed by atoms with van der Waals surface area (Å²) in [5.74, 6) is -3.02. The van der Waals surface area contributed by atoms with E-state index in [1.807, 2.05) is 32.1 Å². The van der Waals surface area contributed by atoms with E-state index in [9.17, 15) is 54.3 Å². The Hall–Kier alpha value is -3.89. The molecule has 13 nitrogen and oxygen atoms in total. The molecular formula is C34H42ClF6N4O9PRu+. The number of methoxy groups -OCH3 is 2. The number of hydrogen-bond donors (Lipinski definition) is 5. The first-order valence-corrected chi connectivity index (χ1v) is 18.3. The van der Waals surface area contributed by atoms with Gasteiger partial charge >= 0.3 is 64.5 Å². The fraction of sp³-hybridized carbons (Fsp3) is 0.353. The van der Waals surface area contributed by atoms with E-state index in [1.54, 1.807) is 51.1 Å². The van der Waals surface area contributed by atoms with E-state index in [0.29, 0.717) is 16.9 Å². The van der Waals surface area contributed by atoms with Crippen LogP contribution in [-0.2, 0) is 61.0 Å². The van der Waals surface area contributed by atoms with Crippen molar-refractivity contribution in [1.82, 2.24) is 16.0 Å². The topological polar surface area (TPSA) is 195 Å². The molecule has 3 atom stereocenters. The van der Waals surface area contributed by atoms with Crippen molar-refractivity contribution < 1.29 is 87.9 Å². The van der Waals surface area contributed by atoms with Gasteiger partial charge in [0.25, 0.3) is 0 Å². The maximum Gasteiger partial charge on any atom is 2.00 e. The first-order valence-electron chi connectivity index (χ1n) is 15.9. The molecule has 1 aliphatic rings. The van der Waals surface area contributed by atoms with Gasteiger partial charge in [0, 0.05) is 12.8 Å². The van der Waals surface area contributed by atoms with Gasteiger partial charge in [-0.05, 0) is 88.3 Å². The van der Waals surface area contributed by atoms with Gasteiger partial charge in [0.2, 0.25) is 17.7 Å². The smallest absolute Gasteiger partial charge is 0.0312 e. The summed E-state index contributed by atoms with van der Waals surface area (Å²) in [6.07, 6.45) is 8.39. The number of alkyl carbamates (subject to hydrolysis) is 1. The Morgan fingerprint density at radius 3 is 1.64 bits per heavy atom. The molecule has 1 saturated carbocycles. The van der Waals surface area contributed by atoms with Crippen LogP contribution in [0.4, 0.5) is 30.0 Å². The van der Waals surface area contributed by atoms with Crippen LogP contribution in [0.3, 0.4) is 0 Å². The number of carbonyl (C=O) groups is 5. The maximum atomic E-state index is 13.5. The molecular weight excluding hydrogens is 890 g/mol. The zero-order chi connectivity index (χ0) is 42.3. The number of nitrogens with two attached hydrogens (primary N) is 1. The summed E-state index contributed by atoms with van der Waals surface area (Å²) in [6, 6.07) is 6.71. The molecule has 4 amide bonds. The molecule has 0 heterocycles. The summed E-state index contributed by atoms with van der Waals surface area (Å²) in [6.45, 7) is 4.94. The Labute approximate surface area is 338 Å². The van der Waals surface area contributed by atoms with Gasteiger partial charge in [-0.3, -0.25) is 14.4 Å². The average molecular weight is 932 g/mol. The number of phenols is 1. The molecule has 2 aromatic carbocycles. The van der Waals surface area contributed by atoms with E-state index in [2.05, 4.69) is 16.0 Å². The van der Waals surface area contributed by atoms with Gasteiger partial charge in [0.15, 0.2) is 0 Å². The predicted molar refractivity (Wildman–Crippen MR) is 191 cm³/mol. The predicted octanol–water partition coefficient (Wildman–Crippen LogP) is 6.15. The number of primary amides is 1. The third-order valence-electron chi connectivity index (χ3n) is 6.44. The van der Waals surface area contributed by atoms with Gasteiger partial charge < -0.3 is 41.0 Å². The number of aromatic hydroxyl groups is 1. The molecule has 0 unspecified atom stereocenters. The Balaban J connectivity index is 0.00000198. The molecule has 22 heteroatoms. The second-order valence-electron chi connectivity index (χ2n) is 12.5. The second kappa shape index (κ2) is 21.6. The van der Waals surface area contributed by atoms with Crippen molar-refractivity contribution in [3.8, 4) is 11.5 Å². The molecule has 1 aliphatic carbocycles. The van der Waals surface area contributed by atoms with Crippen molar-refractivity contribution in [1.29, 1.82) is 0 Å². The minimum atomic E-state index is -10.7. The van der Waals surface area contributed by atoms with Gasteiger partial charge in [-0.2, -0.15) is 0 Å². The summed E-state index contributed by atoms with van der Waals surface area (Å²) in [7, 11) is -8.07. The van der Waals surface area contributed by atoms with Gasteiger partial charge in [-0.25, -0.2) is 9.59 Å². The molecule has 0 aliphatic heterocycles. The number of halogens is 7. The van der Waals surface area contributed by atoms with Gasteiger partial charge in [-0.1, -0.05) is 29.8 Å². The van der Waals surface area contributed by atoms with Gasteiger partial charge in [-0.15, -0.1) is 0 Å². The number of esters is 1. The quantitative estimate of drug-likeness (QED) is 0.0678. The number of hydrogen-bond acceptors (Lipinski definition) is 9. The molecule has 0 spiro atoms. The SMILES string of the molecule is COC(=O)[C@H](Cc1ccc(O)cc1)NC(=O)[C@H](CC(N)=O)NC(=O)[C@H](Cc1ccc(OC)c(Cl)c1)NC(=O)OC(C)(C)C.F[P-](F)(F)(F)(F)F.[CH]1[CH][CH][CH][CH]1.[Ru+2]. The Bertz CT molecular complexity index is 1620. The summed E-state index contributed by atoms with van der Waals surface area (Å²) >= 11 is 6.23. The average Bonchev–Trinajstić information content (AvgIpc) is 3.62. The van der Waals surface area contributed by atoms with Crippen LogP contribution in [0.25, 0.3) is 0 Å². The number of carbonyl (C=O) groups excluding carboxylic acids is 5. The van der Waals surface area contributed by atoms with E-state index in [0.717, 1.165) is 7.11 Å². The Kier molecular flexibility index (Phi) is 20.1. The fourth-order valence-corrected chi connectivity index (χ4v) is 4.49. The number of ether oxygens (including phenoxy) is 3. The Morgan fingerprint density at radius 2 is 1.21 bits per heavy atom. The van der Waals surface area contributed by atoms with E-state index in [1.165, 1.54) is 19.2 Å². The summed E-state index contributed by atoms with van der Waals surface area (Å²) in [4.78, 5) is 63.6. The number of amides is 4. The van der Waals surface area contributed by atoms with E-state index in [-0.39, 0.29) is 43.1 Å². The number of phenolic OH excluding ortho intramolecular Hbond substituents is 1. The van der Waals surface area contributed by atoms with E-state index >= 15 is 0 Å². The van der Waals surface area contributed by atoms with Crippen LogP contribution in [0.5, 0.6) is 11.5 Å². The number of nitrogens with one attached hydrogen (secondary N) is 3. The van der Waals surface area contributed by atoms with Gasteiger partial charge in [0.1, 0.15) is 35.2 Å². The molecule has 6 N–H and O–H groups in total. The monoisotopic (exact) mass is 932 g/mol. The third kappa shape index (κ3) is 25.3. The van der Waals surface area contributed by atoms with Crippen molar-refractivity contribution in [3.05, 3.63) is 90.7 Å². The molecule has 0 aromatic heterocycles. The molecule has 0 saturated heterocycles. The molecule has 56 heavy (non-hydrogen) atoms. The van der Waals surface area contributed by atoms with Crippen LogP contribution < -0.4 is 26.4 Å². The van der Waals surface area contributed by atoms with Crippen LogP contribution in [0.2, 0.25) is 5.02 Å². The molecule has 3 rings (SSSR count). The zero-order valence-corrected chi connectivity index (χ0v) is 33.9. The summed E-state index contributed by atoms with van der Waals surface area (Å²) in [5.41, 5.74) is 5.61. The minimum absolute atomic E-state index is 0. The number of benzene rings is 2. The first kappa shape index (κ1) is 52.1. The van der Waals surface area contributed by atoms with Crippen molar-refractivity contribution in [2.45, 2.75) is 63.8 Å². The first-order chi connectivity index (χ1) is 25.1. The molecule has 313 valence electrons. The largest absolute Gasteiger partial charge is 2.00 e. The van der Waals surface area contributed by atoms with E-state index < -0.39 is 67.7 Å². The van der Waals surface area contributed by atoms with E-state index in [4.69, 9.17) is 31.5 Å². The van der Waals surface area contributed by atoms with Crippen molar-refractivity contribution >= 4 is 49.2 Å². The third-order valence-corrected chi connectivity index (χ3v) is 6.73. The second-order valence-corrected chi connectivity index (χ2v) is 14.8. The standard InChI is InChI=1S/C29H37ClN4O9.C5H5.F6P.Ru/c1-29(2,3)43-28(40)34-20(14-17-8-11-23(41-4)19(30)12-17)25(37)32-21(15-24(31)36)26(38)33-22(27(39)42-5)13-16-6-9-18(35)10-7-16;1-2-4-5-3-1;1-7(2,3,4,5)6;/h6-12,20-22,35H,13-15H2,1-5H3,(H2,31,36)(H,32,37)(H,33,38)(H,34,40);1-5H;;/q;;-1;+2/t20-,21-,22-;;;/m0.../s1. The van der Waals surface area contributed by atoms with Crippen molar-refractivity contribution in [2.24, 2.45) is 5.73 Å². The number of rotatable bonds is 13. The molecule has 2 aromatic rings. The van der Waals surface area contributed by atoms with Crippen LogP contribution in [0, 0.1) is 32.1 Å². The van der Waals surface area contributed by atoms with Crippen molar-refractivity contribution in [3.63, 3.8) is 0 Å². The zero-order valence-electron chi connectivity index (χ0n) is 30.5. The van der Waals surface area contributed by atoms with Crippen LogP contribution in [-0.4, -0.2) is 72.8 Å². The molecule has 1 fully saturated rings. The summed E-state index contributed by atoms with van der Waals surface area (Å²) < 4.78 is 74.4. The van der Waals surface area contributed by atoms with Crippen molar-refractivity contribution in [2.75, 3.05) is 14.2 Å².